The number of likely N-dealkylation sites (N-methyl/N-ethyl adjacent to an activating group) is 1. The minimum Gasteiger partial charge on any atom is -0.489 e. The van der Waals surface area contributed by atoms with Gasteiger partial charge in [0.1, 0.15) is 11.9 Å². The molecule has 2 atom stereocenters. The van der Waals surface area contributed by atoms with Crippen molar-refractivity contribution in [3.8, 4) is 5.75 Å². The smallest absolute Gasteiger partial charge is 0.321 e. The minimum atomic E-state index is -0.201. The Hall–Kier alpha value is -3.06. The lowest BCUT2D eigenvalue weighted by molar-refractivity contribution is -0.126. The topological polar surface area (TPSA) is 73.9 Å². The van der Waals surface area contributed by atoms with Crippen molar-refractivity contribution in [3.63, 3.8) is 0 Å². The average molecular weight is 423 g/mol. The van der Waals surface area contributed by atoms with Crippen LogP contribution in [0.15, 0.2) is 60.7 Å². The highest BCUT2D eigenvalue weighted by Crippen LogP contribution is 2.29. The van der Waals surface area contributed by atoms with Crippen molar-refractivity contribution in [1.29, 1.82) is 0 Å². The summed E-state index contributed by atoms with van der Waals surface area (Å²) in [6.45, 7) is 2.06. The van der Waals surface area contributed by atoms with Crippen LogP contribution in [-0.2, 0) is 4.79 Å². The largest absolute Gasteiger partial charge is 0.489 e. The summed E-state index contributed by atoms with van der Waals surface area (Å²) in [5.74, 6) is 0.862. The Kier molecular flexibility index (Phi) is 6.72. The third-order valence-electron chi connectivity index (χ3n) is 6.14. The lowest BCUT2D eigenvalue weighted by Crippen LogP contribution is -2.52. The summed E-state index contributed by atoms with van der Waals surface area (Å²) >= 11 is 0. The monoisotopic (exact) mass is 422 g/mol. The lowest BCUT2D eigenvalue weighted by atomic mass is 10.0. The lowest BCUT2D eigenvalue weighted by Gasteiger charge is -2.38. The van der Waals surface area contributed by atoms with Crippen LogP contribution in [0.5, 0.6) is 5.75 Å². The van der Waals surface area contributed by atoms with Gasteiger partial charge in [-0.15, -0.1) is 0 Å². The first-order valence-corrected chi connectivity index (χ1v) is 10.9. The maximum atomic E-state index is 12.6. The number of rotatable bonds is 5. The fraction of sp³-hybridized carbons (Fsp3) is 0.417. The second-order valence-electron chi connectivity index (χ2n) is 8.13. The van der Waals surface area contributed by atoms with E-state index in [-0.39, 0.29) is 30.1 Å². The highest BCUT2D eigenvalue weighted by atomic mass is 16.5. The molecule has 2 N–H and O–H groups in total. The fourth-order valence-corrected chi connectivity index (χ4v) is 4.55. The summed E-state index contributed by atoms with van der Waals surface area (Å²) in [5.41, 5.74) is 0.801. The molecule has 2 aromatic carbocycles. The molecule has 2 aliphatic rings. The first kappa shape index (κ1) is 21.2. The molecule has 2 saturated heterocycles. The molecule has 164 valence electrons. The number of nitrogens with zero attached hydrogens (tertiary/aromatic N) is 2. The summed E-state index contributed by atoms with van der Waals surface area (Å²) in [4.78, 5) is 29.3. The second kappa shape index (κ2) is 9.83. The molecule has 0 aromatic heterocycles. The summed E-state index contributed by atoms with van der Waals surface area (Å²) in [6.07, 6.45) is 2.33. The Morgan fingerprint density at radius 2 is 1.61 bits per heavy atom. The van der Waals surface area contributed by atoms with Crippen molar-refractivity contribution in [2.45, 2.75) is 37.5 Å². The van der Waals surface area contributed by atoms with Crippen LogP contribution >= 0.6 is 0 Å². The maximum absolute atomic E-state index is 12.6. The van der Waals surface area contributed by atoms with Crippen LogP contribution in [0.4, 0.5) is 10.5 Å². The number of piperidine rings is 1. The Morgan fingerprint density at radius 3 is 2.26 bits per heavy atom. The van der Waals surface area contributed by atoms with E-state index in [0.717, 1.165) is 24.3 Å². The molecule has 7 nitrogen and oxygen atoms in total. The molecule has 31 heavy (non-hydrogen) atoms. The fourth-order valence-electron chi connectivity index (χ4n) is 4.55. The van der Waals surface area contributed by atoms with Gasteiger partial charge in [0.2, 0.25) is 5.91 Å². The zero-order chi connectivity index (χ0) is 21.6. The van der Waals surface area contributed by atoms with E-state index in [9.17, 15) is 9.59 Å². The molecule has 4 rings (SSSR count). The Bertz CT molecular complexity index is 869. The van der Waals surface area contributed by atoms with Crippen LogP contribution < -0.4 is 15.4 Å². The van der Waals surface area contributed by atoms with Gasteiger partial charge < -0.3 is 20.3 Å². The van der Waals surface area contributed by atoms with Gasteiger partial charge >= 0.3 is 6.03 Å². The van der Waals surface area contributed by atoms with Crippen molar-refractivity contribution in [2.75, 3.05) is 32.0 Å². The Labute approximate surface area is 183 Å². The van der Waals surface area contributed by atoms with Crippen LogP contribution in [0.1, 0.15) is 19.3 Å². The van der Waals surface area contributed by atoms with Crippen LogP contribution in [0, 0.1) is 0 Å². The van der Waals surface area contributed by atoms with Crippen LogP contribution in [0.2, 0.25) is 0 Å². The van der Waals surface area contributed by atoms with Gasteiger partial charge in [0.05, 0.1) is 6.04 Å². The molecule has 2 aliphatic heterocycles. The van der Waals surface area contributed by atoms with Gasteiger partial charge in [-0.25, -0.2) is 4.79 Å². The van der Waals surface area contributed by atoms with Gasteiger partial charge in [-0.3, -0.25) is 9.69 Å². The predicted octanol–water partition coefficient (Wildman–Crippen LogP) is 2.95. The normalized spacial score (nSPS) is 22.2. The molecule has 0 aliphatic carbocycles. The van der Waals surface area contributed by atoms with E-state index < -0.39 is 0 Å². The van der Waals surface area contributed by atoms with Crippen LogP contribution in [0.25, 0.3) is 0 Å². The number of likely N-dealkylation sites (tertiary alicyclic amines) is 2. The molecule has 3 amide bonds. The molecule has 2 aromatic rings. The third-order valence-corrected chi connectivity index (χ3v) is 6.14. The standard InChI is InChI=1S/C24H30N4O3/c1-25-23(29)22-16-21(31-20-10-6-3-7-11-20)17-28(22)19-12-14-27(15-13-19)24(30)26-18-8-4-2-5-9-18/h2-11,19,21-22H,12-17H2,1H3,(H,25,29)(H,26,30)/t21-,22-/m0/s1. The van der Waals surface area contributed by atoms with E-state index in [1.165, 1.54) is 0 Å². The number of benzene rings is 2. The van der Waals surface area contributed by atoms with Gasteiger partial charge in [-0.05, 0) is 37.1 Å². The Morgan fingerprint density at radius 1 is 0.968 bits per heavy atom. The average Bonchev–Trinajstić information content (AvgIpc) is 3.23. The summed E-state index contributed by atoms with van der Waals surface area (Å²) in [7, 11) is 1.68. The number of nitrogens with one attached hydrogen (secondary N) is 2. The molecular formula is C24H30N4O3. The SMILES string of the molecule is CNC(=O)[C@@H]1C[C@H](Oc2ccccc2)CN1C1CCN(C(=O)Nc2ccccc2)CC1. The molecule has 0 spiro atoms. The van der Waals surface area contributed by atoms with Gasteiger partial charge in [-0.2, -0.15) is 0 Å². The summed E-state index contributed by atoms with van der Waals surface area (Å²) < 4.78 is 6.15. The number of amides is 3. The van der Waals surface area contributed by atoms with Crippen molar-refractivity contribution in [3.05, 3.63) is 60.7 Å². The number of hydrogen-bond acceptors (Lipinski definition) is 4. The number of carbonyl (C=O) groups excluding carboxylic acids is 2. The molecule has 0 saturated carbocycles. The molecule has 2 fully saturated rings. The summed E-state index contributed by atoms with van der Waals surface area (Å²) in [5, 5.41) is 5.76. The second-order valence-corrected chi connectivity index (χ2v) is 8.13. The van der Waals surface area contributed by atoms with E-state index in [2.05, 4.69) is 15.5 Å². The van der Waals surface area contributed by atoms with Crippen LogP contribution in [-0.4, -0.2) is 66.6 Å². The van der Waals surface area contributed by atoms with Crippen molar-refractivity contribution >= 4 is 17.6 Å². The van der Waals surface area contributed by atoms with Crippen molar-refractivity contribution in [1.82, 2.24) is 15.1 Å². The van der Waals surface area contributed by atoms with E-state index in [4.69, 9.17) is 4.74 Å². The number of hydrogen-bond donors (Lipinski definition) is 2. The van der Waals surface area contributed by atoms with E-state index in [1.807, 2.05) is 65.6 Å². The first-order chi connectivity index (χ1) is 15.1. The molecular weight excluding hydrogens is 392 g/mol. The molecule has 0 bridgehead atoms. The molecule has 0 unspecified atom stereocenters. The maximum Gasteiger partial charge on any atom is 0.321 e. The zero-order valence-corrected chi connectivity index (χ0v) is 17.9. The molecule has 2 heterocycles. The van der Waals surface area contributed by atoms with Gasteiger partial charge in [0, 0.05) is 44.8 Å². The minimum absolute atomic E-state index is 0.0240. The van der Waals surface area contributed by atoms with Crippen molar-refractivity contribution in [2.24, 2.45) is 0 Å². The highest BCUT2D eigenvalue weighted by molar-refractivity contribution is 5.89. The molecule has 0 radical (unpaired) electrons. The Balaban J connectivity index is 1.35. The number of urea groups is 1. The van der Waals surface area contributed by atoms with Crippen LogP contribution in [0.3, 0.4) is 0 Å². The number of para-hydroxylation sites is 2. The first-order valence-electron chi connectivity index (χ1n) is 10.9. The van der Waals surface area contributed by atoms with E-state index >= 15 is 0 Å². The number of carbonyl (C=O) groups is 2. The van der Waals surface area contributed by atoms with Gasteiger partial charge in [0.15, 0.2) is 0 Å². The quantitative estimate of drug-likeness (QED) is 0.777. The highest BCUT2D eigenvalue weighted by Gasteiger charge is 2.42. The summed E-state index contributed by atoms with van der Waals surface area (Å²) in [6, 6.07) is 19.2. The number of ether oxygens (including phenoxy) is 1. The van der Waals surface area contributed by atoms with Gasteiger partial charge in [-0.1, -0.05) is 36.4 Å². The predicted molar refractivity (Wildman–Crippen MR) is 120 cm³/mol. The van der Waals surface area contributed by atoms with E-state index in [0.29, 0.717) is 26.1 Å². The zero-order valence-electron chi connectivity index (χ0n) is 17.9. The van der Waals surface area contributed by atoms with Crippen molar-refractivity contribution < 1.29 is 14.3 Å². The number of anilines is 1. The van der Waals surface area contributed by atoms with E-state index in [1.54, 1.807) is 7.05 Å². The third kappa shape index (κ3) is 5.17. The molecule has 7 heteroatoms. The van der Waals surface area contributed by atoms with Gasteiger partial charge in [0.25, 0.3) is 0 Å².